The molecule has 0 bridgehead atoms. The van der Waals surface area contributed by atoms with Gasteiger partial charge in [-0.25, -0.2) is 0 Å². The Labute approximate surface area is 337 Å². The fraction of sp³-hybridized carbons (Fsp3) is 0.958. The zero-order chi connectivity index (χ0) is 39.6. The van der Waals surface area contributed by atoms with E-state index in [4.69, 9.17) is 14.2 Å². The van der Waals surface area contributed by atoms with Gasteiger partial charge < -0.3 is 19.1 Å². The average Bonchev–Trinajstić information content (AvgIpc) is 3.17. The van der Waals surface area contributed by atoms with Crippen LogP contribution in [0.1, 0.15) is 240 Å². The van der Waals surface area contributed by atoms with Crippen LogP contribution in [0.25, 0.3) is 0 Å². The van der Waals surface area contributed by atoms with Crippen molar-refractivity contribution in [1.82, 2.24) is 4.90 Å². The average molecular weight is 766 g/mol. The van der Waals surface area contributed by atoms with Gasteiger partial charge in [0.05, 0.1) is 25.0 Å². The van der Waals surface area contributed by atoms with Gasteiger partial charge in [0, 0.05) is 20.3 Å². The Kier molecular flexibility index (Phi) is 42.1. The molecule has 0 spiro atoms. The maximum absolute atomic E-state index is 13.0. The first-order chi connectivity index (χ1) is 26.5. The summed E-state index contributed by atoms with van der Waals surface area (Å²) in [6.45, 7) is 14.3. The Morgan fingerprint density at radius 3 is 1.04 bits per heavy atom. The number of unbranched alkanes of at least 4 members (excludes halogenated alkanes) is 22. The van der Waals surface area contributed by atoms with Gasteiger partial charge in [-0.1, -0.05) is 182 Å². The second kappa shape index (κ2) is 43.0. The van der Waals surface area contributed by atoms with Crippen LogP contribution in [0, 0.1) is 11.8 Å². The number of carbonyl (C=O) groups excluding carboxylic acids is 2. The number of nitrogens with zero attached hydrogens (tertiary/aromatic N) is 1. The van der Waals surface area contributed by atoms with Crippen molar-refractivity contribution < 1.29 is 23.8 Å². The number of esters is 2. The van der Waals surface area contributed by atoms with E-state index in [9.17, 15) is 9.59 Å². The first-order valence-electron chi connectivity index (χ1n) is 24.1. The molecule has 54 heavy (non-hydrogen) atoms. The highest BCUT2D eigenvalue weighted by atomic mass is 16.5. The molecule has 6 nitrogen and oxygen atoms in total. The second-order valence-corrected chi connectivity index (χ2v) is 16.6. The highest BCUT2D eigenvalue weighted by molar-refractivity contribution is 5.72. The molecule has 0 aliphatic rings. The van der Waals surface area contributed by atoms with Gasteiger partial charge in [-0.2, -0.15) is 0 Å². The number of rotatable bonds is 44. The number of hydrogen-bond donors (Lipinski definition) is 0. The van der Waals surface area contributed by atoms with Gasteiger partial charge >= 0.3 is 11.9 Å². The summed E-state index contributed by atoms with van der Waals surface area (Å²) < 4.78 is 17.0. The molecular formula is C48H95NO5. The molecule has 0 saturated heterocycles. The van der Waals surface area contributed by atoms with Crippen molar-refractivity contribution in [1.29, 1.82) is 0 Å². The van der Waals surface area contributed by atoms with E-state index < -0.39 is 0 Å². The normalized spacial score (nSPS) is 12.7. The molecule has 0 N–H and O–H groups in total. The highest BCUT2D eigenvalue weighted by Crippen LogP contribution is 2.22. The van der Waals surface area contributed by atoms with E-state index in [1.807, 2.05) is 0 Å². The molecule has 0 rings (SSSR count). The van der Waals surface area contributed by atoms with Crippen LogP contribution in [0.4, 0.5) is 0 Å². The zero-order valence-electron chi connectivity index (χ0n) is 37.2. The fourth-order valence-electron chi connectivity index (χ4n) is 7.67. The van der Waals surface area contributed by atoms with Gasteiger partial charge in [0.15, 0.2) is 0 Å². The summed E-state index contributed by atoms with van der Waals surface area (Å²) >= 11 is 0. The van der Waals surface area contributed by atoms with Crippen molar-refractivity contribution in [2.75, 3.05) is 46.6 Å². The number of methoxy groups -OCH3 is 1. The largest absolute Gasteiger partial charge is 0.465 e. The molecule has 0 aliphatic heterocycles. The van der Waals surface area contributed by atoms with Crippen molar-refractivity contribution in [2.45, 2.75) is 240 Å². The number of ether oxygens (including phenoxy) is 3. The predicted molar refractivity (Wildman–Crippen MR) is 232 cm³/mol. The summed E-state index contributed by atoms with van der Waals surface area (Å²) in [7, 11) is 1.79. The summed E-state index contributed by atoms with van der Waals surface area (Å²) in [4.78, 5) is 28.6. The van der Waals surface area contributed by atoms with Crippen LogP contribution in [0.3, 0.4) is 0 Å². The lowest BCUT2D eigenvalue weighted by molar-refractivity contribution is -0.150. The lowest BCUT2D eigenvalue weighted by atomic mass is 9.94. The van der Waals surface area contributed by atoms with Gasteiger partial charge in [0.25, 0.3) is 0 Å². The molecule has 0 aromatic heterocycles. The maximum Gasteiger partial charge on any atom is 0.308 e. The van der Waals surface area contributed by atoms with Crippen molar-refractivity contribution in [3.8, 4) is 0 Å². The molecule has 0 aliphatic carbocycles. The van der Waals surface area contributed by atoms with E-state index in [0.717, 1.165) is 110 Å². The molecule has 2 atom stereocenters. The third-order valence-corrected chi connectivity index (χ3v) is 11.3. The minimum atomic E-state index is 0.0630. The standard InChI is InChI=1S/C48H95NO5/c1-6-10-14-18-20-28-37-45(35-26-16-12-8-3)47(50)53-43-32-24-22-30-39-49(41-34-42-52-5)40-31-23-25-33-44-54-48(51)46(36-27-17-13-9-4)38-29-21-19-15-11-7-2/h45-46H,6-44H2,1-5H3. The van der Waals surface area contributed by atoms with Crippen LogP contribution in [-0.4, -0.2) is 63.4 Å². The fourth-order valence-corrected chi connectivity index (χ4v) is 7.67. The Morgan fingerprint density at radius 1 is 0.370 bits per heavy atom. The minimum absolute atomic E-state index is 0.0630. The molecule has 0 fully saturated rings. The Hall–Kier alpha value is -1.14. The summed E-state index contributed by atoms with van der Waals surface area (Å²) in [5, 5.41) is 0. The quantitative estimate of drug-likeness (QED) is 0.0455. The minimum Gasteiger partial charge on any atom is -0.465 e. The highest BCUT2D eigenvalue weighted by Gasteiger charge is 2.20. The SMILES string of the molecule is CCCCCCCCC(CCCCCC)C(=O)OCCCCCCN(CCCCCCOC(=O)C(CCCCCC)CCCCCCCC)CCCOC. The maximum atomic E-state index is 13.0. The first-order valence-corrected chi connectivity index (χ1v) is 24.1. The molecule has 6 heteroatoms. The van der Waals surface area contributed by atoms with E-state index in [1.54, 1.807) is 7.11 Å². The summed E-state index contributed by atoms with van der Waals surface area (Å²) in [6.07, 6.45) is 39.0. The van der Waals surface area contributed by atoms with Crippen LogP contribution in [-0.2, 0) is 23.8 Å². The number of hydrogen-bond acceptors (Lipinski definition) is 6. The Morgan fingerprint density at radius 2 is 0.667 bits per heavy atom. The van der Waals surface area contributed by atoms with E-state index >= 15 is 0 Å². The molecule has 0 heterocycles. The third kappa shape index (κ3) is 35.3. The third-order valence-electron chi connectivity index (χ3n) is 11.3. The monoisotopic (exact) mass is 766 g/mol. The summed E-state index contributed by atoms with van der Waals surface area (Å²) in [5.74, 6) is 0.322. The van der Waals surface area contributed by atoms with Crippen LogP contribution in [0.2, 0.25) is 0 Å². The molecule has 0 saturated carbocycles. The topological polar surface area (TPSA) is 65.1 Å². The van der Waals surface area contributed by atoms with Gasteiger partial charge in [0.1, 0.15) is 0 Å². The predicted octanol–water partition coefficient (Wildman–Crippen LogP) is 14.2. The van der Waals surface area contributed by atoms with E-state index in [1.165, 1.54) is 128 Å². The zero-order valence-corrected chi connectivity index (χ0v) is 37.2. The van der Waals surface area contributed by atoms with Gasteiger partial charge in [-0.15, -0.1) is 0 Å². The van der Waals surface area contributed by atoms with E-state index in [0.29, 0.717) is 13.2 Å². The van der Waals surface area contributed by atoms with Crippen molar-refractivity contribution in [2.24, 2.45) is 11.8 Å². The van der Waals surface area contributed by atoms with E-state index in [-0.39, 0.29) is 23.8 Å². The van der Waals surface area contributed by atoms with Crippen molar-refractivity contribution >= 4 is 11.9 Å². The number of carbonyl (C=O) groups is 2. The van der Waals surface area contributed by atoms with E-state index in [2.05, 4.69) is 32.6 Å². The van der Waals surface area contributed by atoms with Crippen LogP contribution >= 0.6 is 0 Å². The Balaban J connectivity index is 4.36. The van der Waals surface area contributed by atoms with Crippen LogP contribution < -0.4 is 0 Å². The van der Waals surface area contributed by atoms with Gasteiger partial charge in [0.2, 0.25) is 0 Å². The van der Waals surface area contributed by atoms with Crippen molar-refractivity contribution in [3.05, 3.63) is 0 Å². The second-order valence-electron chi connectivity index (χ2n) is 16.6. The smallest absolute Gasteiger partial charge is 0.308 e. The molecular weight excluding hydrogens is 671 g/mol. The van der Waals surface area contributed by atoms with Crippen LogP contribution in [0.5, 0.6) is 0 Å². The first kappa shape index (κ1) is 52.9. The molecule has 0 amide bonds. The molecule has 0 aromatic carbocycles. The lowest BCUT2D eigenvalue weighted by Gasteiger charge is -2.22. The lowest BCUT2D eigenvalue weighted by Crippen LogP contribution is -2.28. The molecule has 2 unspecified atom stereocenters. The summed E-state index contributed by atoms with van der Waals surface area (Å²) in [6, 6.07) is 0. The van der Waals surface area contributed by atoms with Crippen molar-refractivity contribution in [3.63, 3.8) is 0 Å². The molecule has 0 radical (unpaired) electrons. The van der Waals surface area contributed by atoms with Crippen LogP contribution in [0.15, 0.2) is 0 Å². The van der Waals surface area contributed by atoms with Gasteiger partial charge in [-0.05, 0) is 70.9 Å². The summed E-state index contributed by atoms with van der Waals surface area (Å²) in [5.41, 5.74) is 0. The molecule has 0 aromatic rings. The Bertz CT molecular complexity index is 718. The molecule has 322 valence electrons. The van der Waals surface area contributed by atoms with Gasteiger partial charge in [-0.3, -0.25) is 9.59 Å².